The molecule has 7 heteroatoms. The van der Waals surface area contributed by atoms with E-state index in [1.54, 1.807) is 0 Å². The number of thiazole rings is 1. The first-order chi connectivity index (χ1) is 15.0. The average molecular weight is 436 g/mol. The highest BCUT2D eigenvalue weighted by atomic mass is 32.1. The van der Waals surface area contributed by atoms with Crippen LogP contribution in [0.2, 0.25) is 0 Å². The van der Waals surface area contributed by atoms with Crippen molar-refractivity contribution < 1.29 is 14.4 Å². The standard InChI is InChI=1S/C24H25N3O3S/c1-3-4-14-5-7-15(8-6-14)21-13(2)31-24(26-21)25-18(28)12-27-22(29)19-16-9-10-17(11-16)20(19)23(27)30/h5-10,16-17,19-20H,3-4,11-12H2,1-2H3,(H,25,26,28). The summed E-state index contributed by atoms with van der Waals surface area (Å²) in [4.78, 5) is 44.9. The van der Waals surface area contributed by atoms with Crippen LogP contribution >= 0.6 is 11.3 Å². The zero-order valence-corrected chi connectivity index (χ0v) is 18.4. The molecule has 4 atom stereocenters. The zero-order valence-electron chi connectivity index (χ0n) is 17.6. The Morgan fingerprint density at radius 1 is 1.13 bits per heavy atom. The predicted octanol–water partition coefficient (Wildman–Crippen LogP) is 3.82. The average Bonchev–Trinajstić information content (AvgIpc) is 3.50. The molecule has 1 saturated heterocycles. The number of hydrogen-bond acceptors (Lipinski definition) is 5. The van der Waals surface area contributed by atoms with Crippen molar-refractivity contribution >= 4 is 34.2 Å². The van der Waals surface area contributed by atoms with Gasteiger partial charge in [0.15, 0.2) is 5.13 Å². The molecule has 1 aliphatic heterocycles. The van der Waals surface area contributed by atoms with E-state index < -0.39 is 0 Å². The molecule has 1 aromatic heterocycles. The number of fused-ring (bicyclic) bond motifs is 5. The van der Waals surface area contributed by atoms with Crippen LogP contribution in [-0.4, -0.2) is 34.2 Å². The largest absolute Gasteiger partial charge is 0.300 e. The van der Waals surface area contributed by atoms with Crippen LogP contribution in [0.1, 0.15) is 30.2 Å². The van der Waals surface area contributed by atoms with Crippen LogP contribution in [0.15, 0.2) is 36.4 Å². The summed E-state index contributed by atoms with van der Waals surface area (Å²) in [7, 11) is 0. The lowest BCUT2D eigenvalue weighted by molar-refractivity contribution is -0.143. The highest BCUT2D eigenvalue weighted by molar-refractivity contribution is 7.16. The fourth-order valence-corrected chi connectivity index (χ4v) is 6.11. The first kappa shape index (κ1) is 20.1. The number of amides is 3. The Morgan fingerprint density at radius 3 is 2.39 bits per heavy atom. The van der Waals surface area contributed by atoms with E-state index in [9.17, 15) is 14.4 Å². The Morgan fingerprint density at radius 2 is 1.77 bits per heavy atom. The quantitative estimate of drug-likeness (QED) is 0.553. The van der Waals surface area contributed by atoms with E-state index in [4.69, 9.17) is 0 Å². The molecular formula is C24H25N3O3S. The van der Waals surface area contributed by atoms with Gasteiger partial charge in [0.25, 0.3) is 0 Å². The van der Waals surface area contributed by atoms with Gasteiger partial charge in [-0.25, -0.2) is 4.98 Å². The Labute approximate surface area is 185 Å². The molecule has 0 radical (unpaired) electrons. The van der Waals surface area contributed by atoms with Gasteiger partial charge in [0.1, 0.15) is 6.54 Å². The van der Waals surface area contributed by atoms with Crippen LogP contribution in [0.3, 0.4) is 0 Å². The third kappa shape index (κ3) is 3.41. The van der Waals surface area contributed by atoms with Gasteiger partial charge in [-0.2, -0.15) is 0 Å². The van der Waals surface area contributed by atoms with E-state index in [1.165, 1.54) is 16.9 Å². The number of aryl methyl sites for hydroxylation is 2. The second-order valence-electron chi connectivity index (χ2n) is 8.68. The van der Waals surface area contributed by atoms with Crippen molar-refractivity contribution in [3.05, 3.63) is 46.9 Å². The Balaban J connectivity index is 1.26. The Kier molecular flexibility index (Phi) is 5.01. The minimum Gasteiger partial charge on any atom is -0.300 e. The van der Waals surface area contributed by atoms with Gasteiger partial charge >= 0.3 is 0 Å². The summed E-state index contributed by atoms with van der Waals surface area (Å²) in [5, 5.41) is 3.27. The van der Waals surface area contributed by atoms with Crippen LogP contribution in [0.25, 0.3) is 11.3 Å². The van der Waals surface area contributed by atoms with Gasteiger partial charge in [-0.3, -0.25) is 19.3 Å². The smallest absolute Gasteiger partial charge is 0.246 e. The maximum Gasteiger partial charge on any atom is 0.246 e. The summed E-state index contributed by atoms with van der Waals surface area (Å²) in [6.07, 6.45) is 7.13. The minimum absolute atomic E-state index is 0.146. The molecule has 0 spiro atoms. The Bertz CT molecular complexity index is 1060. The van der Waals surface area contributed by atoms with Crippen molar-refractivity contribution in [1.82, 2.24) is 9.88 Å². The third-order valence-corrected chi connectivity index (χ3v) is 7.56. The van der Waals surface area contributed by atoms with E-state index in [-0.39, 0.29) is 47.9 Å². The predicted molar refractivity (Wildman–Crippen MR) is 119 cm³/mol. The van der Waals surface area contributed by atoms with Crippen LogP contribution in [0.4, 0.5) is 5.13 Å². The molecule has 31 heavy (non-hydrogen) atoms. The number of aromatic nitrogens is 1. The number of allylic oxidation sites excluding steroid dienone is 2. The van der Waals surface area contributed by atoms with E-state index in [0.717, 1.165) is 40.3 Å². The number of hydrogen-bond donors (Lipinski definition) is 1. The van der Waals surface area contributed by atoms with Crippen LogP contribution in [0.5, 0.6) is 0 Å². The molecule has 160 valence electrons. The number of benzene rings is 1. The summed E-state index contributed by atoms with van der Waals surface area (Å²) >= 11 is 1.40. The molecular weight excluding hydrogens is 410 g/mol. The minimum atomic E-state index is -0.388. The van der Waals surface area contributed by atoms with Crippen molar-refractivity contribution in [2.75, 3.05) is 11.9 Å². The fourth-order valence-electron chi connectivity index (χ4n) is 5.26. The van der Waals surface area contributed by atoms with Crippen molar-refractivity contribution in [2.24, 2.45) is 23.7 Å². The molecule has 3 amide bonds. The highest BCUT2D eigenvalue weighted by Gasteiger charge is 2.59. The number of rotatable bonds is 6. The van der Waals surface area contributed by atoms with E-state index in [1.807, 2.05) is 6.92 Å². The maximum atomic E-state index is 12.8. The van der Waals surface area contributed by atoms with Gasteiger partial charge in [-0.1, -0.05) is 49.8 Å². The van der Waals surface area contributed by atoms with E-state index >= 15 is 0 Å². The Hall–Kier alpha value is -2.80. The summed E-state index contributed by atoms with van der Waals surface area (Å²) < 4.78 is 0. The number of likely N-dealkylation sites (tertiary alicyclic amines) is 1. The lowest BCUT2D eigenvalue weighted by Gasteiger charge is -2.16. The molecule has 6 nitrogen and oxygen atoms in total. The lowest BCUT2D eigenvalue weighted by atomic mass is 9.85. The van der Waals surface area contributed by atoms with E-state index in [0.29, 0.717) is 5.13 Å². The van der Waals surface area contributed by atoms with Crippen molar-refractivity contribution in [2.45, 2.75) is 33.1 Å². The molecule has 2 aromatic rings. The molecule has 2 bridgehead atoms. The molecule has 2 fully saturated rings. The number of imide groups is 1. The summed E-state index contributed by atoms with van der Waals surface area (Å²) in [6, 6.07) is 8.33. The molecule has 1 aromatic carbocycles. The van der Waals surface area contributed by atoms with Crippen LogP contribution < -0.4 is 5.32 Å². The topological polar surface area (TPSA) is 79.4 Å². The second-order valence-corrected chi connectivity index (χ2v) is 9.88. The van der Waals surface area contributed by atoms with Gasteiger partial charge < -0.3 is 5.32 Å². The lowest BCUT2D eigenvalue weighted by Crippen LogP contribution is -2.39. The molecule has 1 N–H and O–H groups in total. The van der Waals surface area contributed by atoms with Gasteiger partial charge in [0, 0.05) is 10.4 Å². The zero-order chi connectivity index (χ0) is 21.7. The molecule has 5 rings (SSSR count). The summed E-state index contributed by atoms with van der Waals surface area (Å²) in [5.74, 6) is -1.06. The van der Waals surface area contributed by atoms with Crippen molar-refractivity contribution in [3.63, 3.8) is 0 Å². The van der Waals surface area contributed by atoms with Crippen LogP contribution in [-0.2, 0) is 20.8 Å². The first-order valence-electron chi connectivity index (χ1n) is 10.9. The normalized spacial score (nSPS) is 26.1. The van der Waals surface area contributed by atoms with E-state index in [2.05, 4.69) is 53.6 Å². The first-order valence-corrected chi connectivity index (χ1v) is 11.7. The molecule has 2 aliphatic carbocycles. The monoisotopic (exact) mass is 435 g/mol. The highest BCUT2D eigenvalue weighted by Crippen LogP contribution is 2.52. The van der Waals surface area contributed by atoms with Crippen molar-refractivity contribution in [1.29, 1.82) is 0 Å². The number of nitrogens with one attached hydrogen (secondary N) is 1. The number of carbonyl (C=O) groups is 3. The third-order valence-electron chi connectivity index (χ3n) is 6.67. The molecule has 3 aliphatic rings. The van der Waals surface area contributed by atoms with Gasteiger partial charge in [-0.15, -0.1) is 11.3 Å². The van der Waals surface area contributed by atoms with Crippen molar-refractivity contribution in [3.8, 4) is 11.3 Å². The van der Waals surface area contributed by atoms with Gasteiger partial charge in [-0.05, 0) is 37.2 Å². The maximum absolute atomic E-state index is 12.8. The van der Waals surface area contributed by atoms with Gasteiger partial charge in [0.2, 0.25) is 17.7 Å². The molecule has 4 unspecified atom stereocenters. The summed E-state index contributed by atoms with van der Waals surface area (Å²) in [6.45, 7) is 3.88. The fraction of sp³-hybridized carbons (Fsp3) is 0.417. The number of carbonyl (C=O) groups excluding carboxylic acids is 3. The second kappa shape index (κ2) is 7.71. The van der Waals surface area contributed by atoms with Crippen LogP contribution in [0, 0.1) is 30.6 Å². The molecule has 1 saturated carbocycles. The number of anilines is 1. The summed E-state index contributed by atoms with van der Waals surface area (Å²) in [5.41, 5.74) is 3.14. The van der Waals surface area contributed by atoms with Gasteiger partial charge in [0.05, 0.1) is 17.5 Å². The SMILES string of the molecule is CCCc1ccc(-c2nc(NC(=O)CN3C(=O)C4C5C=CC(C5)C4C3=O)sc2C)cc1. The number of nitrogens with zero attached hydrogens (tertiary/aromatic N) is 2. The molecule has 2 heterocycles.